The number of thioether (sulfide) groups is 1. The molecular weight excluding hydrogens is 440 g/mol. The summed E-state index contributed by atoms with van der Waals surface area (Å²) in [6.07, 6.45) is 1.57. The van der Waals surface area contributed by atoms with Crippen molar-refractivity contribution in [2.75, 3.05) is 33.3 Å². The highest BCUT2D eigenvalue weighted by Gasteiger charge is 2.12. The molecular formula is C20H22N4O5S2. The third kappa shape index (κ3) is 6.22. The van der Waals surface area contributed by atoms with Crippen LogP contribution in [0.25, 0.3) is 0 Å². The third-order valence-electron chi connectivity index (χ3n) is 3.99. The van der Waals surface area contributed by atoms with E-state index < -0.39 is 0 Å². The first-order valence-corrected chi connectivity index (χ1v) is 10.9. The van der Waals surface area contributed by atoms with Gasteiger partial charge in [0.15, 0.2) is 33.9 Å². The molecule has 0 radical (unpaired) electrons. The summed E-state index contributed by atoms with van der Waals surface area (Å²) in [5, 5.41) is 11.8. The number of amides is 1. The van der Waals surface area contributed by atoms with Crippen LogP contribution in [0.15, 0.2) is 34.8 Å². The Kier molecular flexibility index (Phi) is 7.90. The van der Waals surface area contributed by atoms with E-state index in [1.165, 1.54) is 37.3 Å². The minimum Gasteiger partial charge on any atom is -0.493 e. The molecule has 0 saturated carbocycles. The van der Waals surface area contributed by atoms with Crippen molar-refractivity contribution in [1.29, 1.82) is 0 Å². The number of carbonyl (C=O) groups excluding carboxylic acids is 1. The summed E-state index contributed by atoms with van der Waals surface area (Å²) < 4.78 is 22.3. The fourth-order valence-electron chi connectivity index (χ4n) is 2.54. The number of methoxy groups -OCH3 is 3. The van der Waals surface area contributed by atoms with Crippen molar-refractivity contribution in [2.45, 2.75) is 17.0 Å². The molecule has 1 amide bonds. The van der Waals surface area contributed by atoms with E-state index in [0.717, 1.165) is 15.0 Å². The summed E-state index contributed by atoms with van der Waals surface area (Å²) in [5.41, 5.74) is 1.34. The third-order valence-corrected chi connectivity index (χ3v) is 5.99. The Labute approximate surface area is 188 Å². The van der Waals surface area contributed by atoms with E-state index in [9.17, 15) is 4.79 Å². The topological polar surface area (TPSA) is 105 Å². The van der Waals surface area contributed by atoms with Crippen LogP contribution in [0.5, 0.6) is 23.0 Å². The Bertz CT molecular complexity index is 1040. The first-order chi connectivity index (χ1) is 15.0. The highest BCUT2D eigenvalue weighted by molar-refractivity contribution is 8.00. The van der Waals surface area contributed by atoms with Crippen molar-refractivity contribution < 1.29 is 23.7 Å². The molecule has 0 fully saturated rings. The number of nitrogens with zero attached hydrogens (tertiary/aromatic N) is 3. The van der Waals surface area contributed by atoms with E-state index in [1.807, 2.05) is 6.92 Å². The van der Waals surface area contributed by atoms with Crippen LogP contribution in [0.4, 0.5) is 5.69 Å². The molecule has 0 spiro atoms. The van der Waals surface area contributed by atoms with Gasteiger partial charge in [0, 0.05) is 23.6 Å². The van der Waals surface area contributed by atoms with Crippen molar-refractivity contribution in [2.24, 2.45) is 0 Å². The van der Waals surface area contributed by atoms with Gasteiger partial charge in [-0.05, 0) is 19.1 Å². The summed E-state index contributed by atoms with van der Waals surface area (Å²) >= 11 is 3.06. The summed E-state index contributed by atoms with van der Waals surface area (Å²) in [6, 6.07) is 6.86. The molecule has 2 aromatic heterocycles. The maximum atomic E-state index is 12.4. The number of carbonyl (C=O) groups is 1. The predicted molar refractivity (Wildman–Crippen MR) is 119 cm³/mol. The van der Waals surface area contributed by atoms with Crippen molar-refractivity contribution >= 4 is 34.7 Å². The molecule has 9 nitrogen and oxygen atoms in total. The van der Waals surface area contributed by atoms with E-state index in [-0.39, 0.29) is 12.5 Å². The molecule has 0 unspecified atom stereocenters. The number of pyridine rings is 1. The number of rotatable bonds is 10. The maximum Gasteiger partial charge on any atom is 0.262 e. The average molecular weight is 463 g/mol. The molecule has 3 aromatic rings. The van der Waals surface area contributed by atoms with E-state index in [1.54, 1.807) is 37.6 Å². The fraction of sp³-hybridized carbons (Fsp3) is 0.300. The van der Waals surface area contributed by atoms with Crippen LogP contribution in [-0.2, 0) is 10.5 Å². The van der Waals surface area contributed by atoms with E-state index in [2.05, 4.69) is 20.5 Å². The Balaban J connectivity index is 1.61. The van der Waals surface area contributed by atoms with Gasteiger partial charge in [-0.25, -0.2) is 0 Å². The summed E-state index contributed by atoms with van der Waals surface area (Å²) in [4.78, 5) is 16.7. The lowest BCUT2D eigenvalue weighted by atomic mass is 10.2. The Morgan fingerprint density at radius 1 is 1.03 bits per heavy atom. The Morgan fingerprint density at radius 3 is 2.48 bits per heavy atom. The number of hydrogen-bond acceptors (Lipinski definition) is 10. The molecule has 0 saturated heterocycles. The Morgan fingerprint density at radius 2 is 1.81 bits per heavy atom. The smallest absolute Gasteiger partial charge is 0.262 e. The van der Waals surface area contributed by atoms with Crippen LogP contribution in [0.2, 0.25) is 0 Å². The van der Waals surface area contributed by atoms with E-state index in [0.29, 0.717) is 34.4 Å². The van der Waals surface area contributed by atoms with Gasteiger partial charge in [0.2, 0.25) is 0 Å². The van der Waals surface area contributed by atoms with Crippen LogP contribution < -0.4 is 24.3 Å². The largest absolute Gasteiger partial charge is 0.493 e. The number of aromatic nitrogens is 3. The monoisotopic (exact) mass is 462 g/mol. The summed E-state index contributed by atoms with van der Waals surface area (Å²) in [5.74, 6) is 2.24. The number of anilines is 1. The number of nitrogens with one attached hydrogen (secondary N) is 1. The van der Waals surface area contributed by atoms with Gasteiger partial charge in [-0.3, -0.25) is 9.78 Å². The SMILES string of the molecule is COc1ccc(NC(=O)COc2cc(CSc3nnc(C)s3)ncc2OC)cc1OC. The molecule has 11 heteroatoms. The minimum atomic E-state index is -0.327. The number of ether oxygens (including phenoxy) is 4. The normalized spacial score (nSPS) is 10.5. The fourth-order valence-corrected chi connectivity index (χ4v) is 4.25. The summed E-state index contributed by atoms with van der Waals surface area (Å²) in [7, 11) is 4.60. The van der Waals surface area contributed by atoms with Gasteiger partial charge in [0.05, 0.1) is 33.2 Å². The van der Waals surface area contributed by atoms with Crippen LogP contribution >= 0.6 is 23.1 Å². The maximum absolute atomic E-state index is 12.4. The van der Waals surface area contributed by atoms with Gasteiger partial charge in [-0.1, -0.05) is 23.1 Å². The first-order valence-electron chi connectivity index (χ1n) is 9.13. The molecule has 0 atom stereocenters. The van der Waals surface area contributed by atoms with Crippen molar-refractivity contribution in [3.63, 3.8) is 0 Å². The zero-order valence-corrected chi connectivity index (χ0v) is 19.1. The molecule has 3 rings (SSSR count). The molecule has 1 aromatic carbocycles. The molecule has 2 heterocycles. The number of aryl methyl sites for hydroxylation is 1. The zero-order chi connectivity index (χ0) is 22.2. The number of hydrogen-bond donors (Lipinski definition) is 1. The molecule has 0 bridgehead atoms. The van der Waals surface area contributed by atoms with E-state index >= 15 is 0 Å². The molecule has 31 heavy (non-hydrogen) atoms. The van der Waals surface area contributed by atoms with E-state index in [4.69, 9.17) is 18.9 Å². The van der Waals surface area contributed by atoms with Crippen molar-refractivity contribution in [1.82, 2.24) is 15.2 Å². The average Bonchev–Trinajstić information content (AvgIpc) is 3.21. The number of benzene rings is 1. The predicted octanol–water partition coefficient (Wildman–Crippen LogP) is 3.58. The quantitative estimate of drug-likeness (QED) is 0.453. The highest BCUT2D eigenvalue weighted by Crippen LogP contribution is 2.31. The standard InChI is InChI=1S/C20H22N4O5S2/c1-12-23-24-20(31-12)30-11-14-8-17(18(28-4)9-21-14)29-10-19(25)22-13-5-6-15(26-2)16(7-13)27-3/h5-9H,10-11H2,1-4H3,(H,22,25). The van der Waals surface area contributed by atoms with Gasteiger partial charge in [-0.2, -0.15) is 0 Å². The second kappa shape index (κ2) is 10.8. The van der Waals surface area contributed by atoms with Gasteiger partial charge < -0.3 is 24.3 Å². The van der Waals surface area contributed by atoms with Gasteiger partial charge >= 0.3 is 0 Å². The molecule has 0 aliphatic carbocycles. The van der Waals surface area contributed by atoms with Crippen molar-refractivity contribution in [3.05, 3.63) is 41.2 Å². The van der Waals surface area contributed by atoms with Crippen molar-refractivity contribution in [3.8, 4) is 23.0 Å². The van der Waals surface area contributed by atoms with Crippen LogP contribution in [0, 0.1) is 6.92 Å². The lowest BCUT2D eigenvalue weighted by molar-refractivity contribution is -0.118. The first kappa shape index (κ1) is 22.6. The van der Waals surface area contributed by atoms with Crippen LogP contribution in [0.1, 0.15) is 10.7 Å². The molecule has 0 aliphatic rings. The molecule has 0 aliphatic heterocycles. The van der Waals surface area contributed by atoms with Crippen LogP contribution in [-0.4, -0.2) is 49.0 Å². The van der Waals surface area contributed by atoms with Crippen LogP contribution in [0.3, 0.4) is 0 Å². The molecule has 1 N–H and O–H groups in total. The second-order valence-corrected chi connectivity index (χ2v) is 8.51. The lowest BCUT2D eigenvalue weighted by Gasteiger charge is -2.13. The lowest BCUT2D eigenvalue weighted by Crippen LogP contribution is -2.20. The Hall–Kier alpha value is -3.05. The highest BCUT2D eigenvalue weighted by atomic mass is 32.2. The minimum absolute atomic E-state index is 0.198. The molecule has 164 valence electrons. The zero-order valence-electron chi connectivity index (χ0n) is 17.5. The summed E-state index contributed by atoms with van der Waals surface area (Å²) in [6.45, 7) is 1.71. The second-order valence-electron chi connectivity index (χ2n) is 6.11. The van der Waals surface area contributed by atoms with Gasteiger partial charge in [-0.15, -0.1) is 10.2 Å². The van der Waals surface area contributed by atoms with Gasteiger partial charge in [0.25, 0.3) is 5.91 Å². The van der Waals surface area contributed by atoms with Gasteiger partial charge in [0.1, 0.15) is 5.01 Å².